The molecule has 0 aromatic carbocycles. The lowest BCUT2D eigenvalue weighted by Crippen LogP contribution is -2.29. The predicted octanol–water partition coefficient (Wildman–Crippen LogP) is 2.45. The number of aryl methyl sites for hydroxylation is 1. The summed E-state index contributed by atoms with van der Waals surface area (Å²) >= 11 is 1.86. The van der Waals surface area contributed by atoms with E-state index < -0.39 is 0 Å². The van der Waals surface area contributed by atoms with Gasteiger partial charge in [-0.25, -0.2) is 0 Å². The Balaban J connectivity index is 2.10. The molecule has 0 aliphatic rings. The van der Waals surface area contributed by atoms with Crippen LogP contribution in [-0.4, -0.2) is 4.98 Å². The topological polar surface area (TPSA) is 50.9 Å². The SMILES string of the molecule is CCc1ccc(CC(NN)c2cccnc2)s1. The number of hydrogen-bond acceptors (Lipinski definition) is 4. The summed E-state index contributed by atoms with van der Waals surface area (Å²) in [7, 11) is 0. The molecule has 0 bridgehead atoms. The Morgan fingerprint density at radius 2 is 2.18 bits per heavy atom. The van der Waals surface area contributed by atoms with Crippen molar-refractivity contribution >= 4 is 11.3 Å². The Labute approximate surface area is 106 Å². The van der Waals surface area contributed by atoms with Gasteiger partial charge in [0.1, 0.15) is 0 Å². The first-order valence-corrected chi connectivity index (χ1v) is 6.58. The van der Waals surface area contributed by atoms with Gasteiger partial charge in [-0.05, 0) is 30.2 Å². The van der Waals surface area contributed by atoms with Crippen molar-refractivity contribution in [2.75, 3.05) is 0 Å². The van der Waals surface area contributed by atoms with Gasteiger partial charge in [0.15, 0.2) is 0 Å². The molecule has 1 atom stereocenters. The summed E-state index contributed by atoms with van der Waals surface area (Å²) in [6.45, 7) is 2.18. The summed E-state index contributed by atoms with van der Waals surface area (Å²) in [5, 5.41) is 0. The zero-order valence-corrected chi connectivity index (χ0v) is 10.7. The minimum Gasteiger partial charge on any atom is -0.271 e. The number of rotatable bonds is 5. The fourth-order valence-electron chi connectivity index (χ4n) is 1.78. The molecule has 0 aliphatic carbocycles. The van der Waals surface area contributed by atoms with E-state index in [2.05, 4.69) is 29.5 Å². The van der Waals surface area contributed by atoms with E-state index >= 15 is 0 Å². The average molecular weight is 247 g/mol. The van der Waals surface area contributed by atoms with Crippen molar-refractivity contribution in [1.29, 1.82) is 0 Å². The van der Waals surface area contributed by atoms with Crippen LogP contribution in [0, 0.1) is 0 Å². The molecule has 17 heavy (non-hydrogen) atoms. The number of nitrogens with zero attached hydrogens (tertiary/aromatic N) is 1. The van der Waals surface area contributed by atoms with Crippen molar-refractivity contribution < 1.29 is 0 Å². The van der Waals surface area contributed by atoms with Gasteiger partial charge in [-0.1, -0.05) is 13.0 Å². The molecular weight excluding hydrogens is 230 g/mol. The highest BCUT2D eigenvalue weighted by Crippen LogP contribution is 2.23. The minimum absolute atomic E-state index is 0.132. The standard InChI is InChI=1S/C13H17N3S/c1-2-11-5-6-12(17-11)8-13(16-14)10-4-3-7-15-9-10/h3-7,9,13,16H,2,8,14H2,1H3. The second kappa shape index (κ2) is 5.91. The Morgan fingerprint density at radius 3 is 2.76 bits per heavy atom. The van der Waals surface area contributed by atoms with Gasteiger partial charge in [-0.3, -0.25) is 16.3 Å². The normalized spacial score (nSPS) is 12.6. The second-order valence-electron chi connectivity index (χ2n) is 3.93. The maximum atomic E-state index is 5.62. The molecule has 0 radical (unpaired) electrons. The molecule has 0 saturated carbocycles. The third-order valence-electron chi connectivity index (χ3n) is 2.76. The van der Waals surface area contributed by atoms with Crippen LogP contribution in [0.3, 0.4) is 0 Å². The first-order chi connectivity index (χ1) is 8.33. The largest absolute Gasteiger partial charge is 0.271 e. The van der Waals surface area contributed by atoms with E-state index in [-0.39, 0.29) is 6.04 Å². The van der Waals surface area contributed by atoms with Crippen molar-refractivity contribution in [3.8, 4) is 0 Å². The molecule has 0 spiro atoms. The highest BCUT2D eigenvalue weighted by Gasteiger charge is 2.11. The Hall–Kier alpha value is -1.23. The van der Waals surface area contributed by atoms with Gasteiger partial charge >= 0.3 is 0 Å². The van der Waals surface area contributed by atoms with Gasteiger partial charge in [-0.2, -0.15) is 0 Å². The lowest BCUT2D eigenvalue weighted by molar-refractivity contribution is 0.554. The molecule has 2 rings (SSSR count). The molecule has 3 nitrogen and oxygen atoms in total. The number of thiophene rings is 1. The predicted molar refractivity (Wildman–Crippen MR) is 71.7 cm³/mol. The van der Waals surface area contributed by atoms with E-state index in [1.165, 1.54) is 9.75 Å². The number of aromatic nitrogens is 1. The van der Waals surface area contributed by atoms with Gasteiger partial charge in [0.25, 0.3) is 0 Å². The fourth-order valence-corrected chi connectivity index (χ4v) is 2.78. The summed E-state index contributed by atoms with van der Waals surface area (Å²) in [6, 6.07) is 8.49. The Kier molecular flexibility index (Phi) is 4.25. The highest BCUT2D eigenvalue weighted by atomic mass is 32.1. The van der Waals surface area contributed by atoms with E-state index in [0.29, 0.717) is 0 Å². The first-order valence-electron chi connectivity index (χ1n) is 5.77. The smallest absolute Gasteiger partial charge is 0.0523 e. The maximum absolute atomic E-state index is 5.62. The van der Waals surface area contributed by atoms with Crippen LogP contribution in [0.2, 0.25) is 0 Å². The van der Waals surface area contributed by atoms with Crippen molar-refractivity contribution in [3.05, 3.63) is 52.0 Å². The minimum atomic E-state index is 0.132. The molecule has 0 amide bonds. The molecule has 0 aliphatic heterocycles. The van der Waals surface area contributed by atoms with Gasteiger partial charge in [0, 0.05) is 28.6 Å². The van der Waals surface area contributed by atoms with Crippen LogP contribution < -0.4 is 11.3 Å². The van der Waals surface area contributed by atoms with Crippen LogP contribution in [-0.2, 0) is 12.8 Å². The van der Waals surface area contributed by atoms with Gasteiger partial charge in [0.05, 0.1) is 6.04 Å². The zero-order valence-electron chi connectivity index (χ0n) is 9.89. The number of nitrogens with one attached hydrogen (secondary N) is 1. The summed E-state index contributed by atoms with van der Waals surface area (Å²) in [6.07, 6.45) is 5.64. The second-order valence-corrected chi connectivity index (χ2v) is 5.18. The van der Waals surface area contributed by atoms with Crippen molar-refractivity contribution in [1.82, 2.24) is 10.4 Å². The van der Waals surface area contributed by atoms with E-state index in [1.54, 1.807) is 6.20 Å². The number of hydrazine groups is 1. The summed E-state index contributed by atoms with van der Waals surface area (Å²) in [4.78, 5) is 6.90. The van der Waals surface area contributed by atoms with Gasteiger partial charge < -0.3 is 0 Å². The molecular formula is C13H17N3S. The van der Waals surface area contributed by atoms with Gasteiger partial charge in [-0.15, -0.1) is 11.3 Å². The van der Waals surface area contributed by atoms with Crippen molar-refractivity contribution in [2.45, 2.75) is 25.8 Å². The van der Waals surface area contributed by atoms with Crippen LogP contribution in [0.5, 0.6) is 0 Å². The third kappa shape index (κ3) is 3.12. The lowest BCUT2D eigenvalue weighted by Gasteiger charge is -2.14. The highest BCUT2D eigenvalue weighted by molar-refractivity contribution is 7.11. The fraction of sp³-hybridized carbons (Fsp3) is 0.308. The van der Waals surface area contributed by atoms with E-state index in [1.807, 2.05) is 29.7 Å². The molecule has 0 saturated heterocycles. The van der Waals surface area contributed by atoms with Gasteiger partial charge in [0.2, 0.25) is 0 Å². The van der Waals surface area contributed by atoms with Crippen LogP contribution >= 0.6 is 11.3 Å². The van der Waals surface area contributed by atoms with E-state index in [9.17, 15) is 0 Å². The third-order valence-corrected chi connectivity index (χ3v) is 4.01. The maximum Gasteiger partial charge on any atom is 0.0523 e. The van der Waals surface area contributed by atoms with Crippen molar-refractivity contribution in [2.24, 2.45) is 5.84 Å². The van der Waals surface area contributed by atoms with Crippen molar-refractivity contribution in [3.63, 3.8) is 0 Å². The molecule has 90 valence electrons. The molecule has 3 N–H and O–H groups in total. The zero-order chi connectivity index (χ0) is 12.1. The number of hydrogen-bond donors (Lipinski definition) is 2. The lowest BCUT2D eigenvalue weighted by atomic mass is 10.1. The van der Waals surface area contributed by atoms with Crippen LogP contribution in [0.4, 0.5) is 0 Å². The monoisotopic (exact) mass is 247 g/mol. The molecule has 2 aromatic rings. The molecule has 1 unspecified atom stereocenters. The quantitative estimate of drug-likeness (QED) is 0.630. The first kappa shape index (κ1) is 12.2. The average Bonchev–Trinajstić information content (AvgIpc) is 2.84. The Morgan fingerprint density at radius 1 is 1.35 bits per heavy atom. The number of nitrogens with two attached hydrogens (primary N) is 1. The van der Waals surface area contributed by atoms with Crippen LogP contribution in [0.15, 0.2) is 36.7 Å². The van der Waals surface area contributed by atoms with E-state index in [4.69, 9.17) is 5.84 Å². The number of pyridine rings is 1. The summed E-state index contributed by atoms with van der Waals surface area (Å²) in [5.74, 6) is 5.62. The molecule has 2 aromatic heterocycles. The molecule has 2 heterocycles. The Bertz CT molecular complexity index is 453. The molecule has 4 heteroatoms. The summed E-state index contributed by atoms with van der Waals surface area (Å²) in [5.41, 5.74) is 3.99. The van der Waals surface area contributed by atoms with E-state index in [0.717, 1.165) is 18.4 Å². The van der Waals surface area contributed by atoms with Crippen LogP contribution in [0.1, 0.15) is 28.3 Å². The molecule has 0 fully saturated rings. The van der Waals surface area contributed by atoms with Crippen LogP contribution in [0.25, 0.3) is 0 Å². The summed E-state index contributed by atoms with van der Waals surface area (Å²) < 4.78 is 0.